The molecule has 0 fully saturated rings. The molecular weight excluding hydrogens is 278 g/mol. The number of ether oxygens (including phenoxy) is 1. The molecule has 2 aromatic rings. The van der Waals surface area contributed by atoms with Gasteiger partial charge in [0, 0.05) is 6.07 Å². The first kappa shape index (κ1) is 13.1. The normalized spacial score (nSPS) is 10.4. The molecule has 0 spiro atoms. The van der Waals surface area contributed by atoms with Crippen molar-refractivity contribution in [1.29, 1.82) is 0 Å². The first-order chi connectivity index (χ1) is 8.60. The number of aliphatic hydroxyl groups excluding tert-OH is 1. The van der Waals surface area contributed by atoms with Gasteiger partial charge in [0.2, 0.25) is 0 Å². The maximum absolute atomic E-state index is 13.2. The highest BCUT2D eigenvalue weighted by atomic mass is 35.5. The van der Waals surface area contributed by atoms with Gasteiger partial charge in [0.25, 0.3) is 0 Å². The Bertz CT molecular complexity index is 573. The van der Waals surface area contributed by atoms with Gasteiger partial charge in [-0.05, 0) is 29.8 Å². The van der Waals surface area contributed by atoms with Gasteiger partial charge in [0.1, 0.15) is 22.3 Å². The van der Waals surface area contributed by atoms with Crippen LogP contribution in [0, 0.1) is 5.82 Å². The Morgan fingerprint density at radius 3 is 2.67 bits per heavy atom. The standard InChI is InChI=1S/C13H9Cl2FO2/c14-11-2-1-3-12(13(11)15)18-10-5-8(7-17)4-9(16)6-10/h1-6,17H,7H2. The largest absolute Gasteiger partial charge is 0.456 e. The number of benzene rings is 2. The van der Waals surface area contributed by atoms with Gasteiger partial charge in [0.15, 0.2) is 0 Å². The minimum atomic E-state index is -0.491. The van der Waals surface area contributed by atoms with Crippen LogP contribution in [0.2, 0.25) is 10.0 Å². The van der Waals surface area contributed by atoms with Crippen LogP contribution in [-0.4, -0.2) is 5.11 Å². The van der Waals surface area contributed by atoms with E-state index >= 15 is 0 Å². The zero-order valence-electron chi connectivity index (χ0n) is 9.16. The average molecular weight is 287 g/mol. The molecule has 0 amide bonds. The van der Waals surface area contributed by atoms with E-state index in [9.17, 15) is 4.39 Å². The quantitative estimate of drug-likeness (QED) is 0.905. The van der Waals surface area contributed by atoms with E-state index in [1.54, 1.807) is 18.2 Å². The zero-order valence-corrected chi connectivity index (χ0v) is 10.7. The van der Waals surface area contributed by atoms with Gasteiger partial charge in [-0.15, -0.1) is 0 Å². The van der Waals surface area contributed by atoms with Crippen molar-refractivity contribution in [1.82, 2.24) is 0 Å². The molecule has 0 radical (unpaired) electrons. The Kier molecular flexibility index (Phi) is 4.07. The van der Waals surface area contributed by atoms with Gasteiger partial charge >= 0.3 is 0 Å². The van der Waals surface area contributed by atoms with Crippen LogP contribution in [-0.2, 0) is 6.61 Å². The van der Waals surface area contributed by atoms with Crippen molar-refractivity contribution < 1.29 is 14.2 Å². The second kappa shape index (κ2) is 5.57. The second-order valence-corrected chi connectivity index (χ2v) is 4.39. The van der Waals surface area contributed by atoms with E-state index in [-0.39, 0.29) is 17.4 Å². The minimum absolute atomic E-state index is 0.253. The van der Waals surface area contributed by atoms with Crippen LogP contribution in [0.4, 0.5) is 4.39 Å². The Morgan fingerprint density at radius 1 is 1.17 bits per heavy atom. The molecule has 5 heteroatoms. The van der Waals surface area contributed by atoms with Crippen LogP contribution in [0.25, 0.3) is 0 Å². The molecule has 2 nitrogen and oxygen atoms in total. The van der Waals surface area contributed by atoms with E-state index in [1.807, 2.05) is 0 Å². The summed E-state index contributed by atoms with van der Waals surface area (Å²) < 4.78 is 18.7. The first-order valence-corrected chi connectivity index (χ1v) is 5.88. The zero-order chi connectivity index (χ0) is 13.1. The number of rotatable bonds is 3. The topological polar surface area (TPSA) is 29.5 Å². The van der Waals surface area contributed by atoms with Crippen molar-refractivity contribution >= 4 is 23.2 Å². The van der Waals surface area contributed by atoms with E-state index in [4.69, 9.17) is 33.0 Å². The summed E-state index contributed by atoms with van der Waals surface area (Å²) in [6.07, 6.45) is 0. The molecular formula is C13H9Cl2FO2. The summed E-state index contributed by atoms with van der Waals surface area (Å²) in [5.41, 5.74) is 0.420. The molecule has 0 aliphatic rings. The SMILES string of the molecule is OCc1cc(F)cc(Oc2cccc(Cl)c2Cl)c1. The predicted molar refractivity (Wildman–Crippen MR) is 68.9 cm³/mol. The van der Waals surface area contributed by atoms with Crippen LogP contribution in [0.3, 0.4) is 0 Å². The van der Waals surface area contributed by atoms with E-state index < -0.39 is 5.82 Å². The average Bonchev–Trinajstić information content (AvgIpc) is 2.34. The molecule has 18 heavy (non-hydrogen) atoms. The van der Waals surface area contributed by atoms with Crippen LogP contribution < -0.4 is 4.74 Å². The van der Waals surface area contributed by atoms with Crippen molar-refractivity contribution in [3.63, 3.8) is 0 Å². The lowest BCUT2D eigenvalue weighted by Gasteiger charge is -2.09. The molecule has 0 aromatic heterocycles. The minimum Gasteiger partial charge on any atom is -0.456 e. The highest BCUT2D eigenvalue weighted by molar-refractivity contribution is 6.42. The van der Waals surface area contributed by atoms with Crippen LogP contribution in [0.15, 0.2) is 36.4 Å². The Labute approximate surface area is 114 Å². The predicted octanol–water partition coefficient (Wildman–Crippen LogP) is 4.42. The summed E-state index contributed by atoms with van der Waals surface area (Å²) in [7, 11) is 0. The van der Waals surface area contributed by atoms with Gasteiger partial charge in [-0.1, -0.05) is 29.3 Å². The van der Waals surface area contributed by atoms with E-state index in [0.717, 1.165) is 0 Å². The number of aliphatic hydroxyl groups is 1. The number of hydrogen-bond donors (Lipinski definition) is 1. The summed E-state index contributed by atoms with van der Waals surface area (Å²) in [5, 5.41) is 9.59. The van der Waals surface area contributed by atoms with Crippen molar-refractivity contribution in [2.45, 2.75) is 6.61 Å². The third-order valence-corrected chi connectivity index (χ3v) is 3.06. The Balaban J connectivity index is 2.34. The van der Waals surface area contributed by atoms with Gasteiger partial charge in [-0.2, -0.15) is 0 Å². The summed E-state index contributed by atoms with van der Waals surface area (Å²) >= 11 is 11.8. The molecule has 94 valence electrons. The maximum atomic E-state index is 13.2. The first-order valence-electron chi connectivity index (χ1n) is 5.12. The molecule has 0 aliphatic carbocycles. The summed E-state index contributed by atoms with van der Waals surface area (Å²) in [5.74, 6) is 0.0940. The number of halogens is 3. The van der Waals surface area contributed by atoms with Gasteiger partial charge < -0.3 is 9.84 Å². The van der Waals surface area contributed by atoms with Gasteiger partial charge in [-0.3, -0.25) is 0 Å². The van der Waals surface area contributed by atoms with Crippen LogP contribution >= 0.6 is 23.2 Å². The second-order valence-electron chi connectivity index (χ2n) is 3.61. The molecule has 2 rings (SSSR count). The van der Waals surface area contributed by atoms with Crippen LogP contribution in [0.1, 0.15) is 5.56 Å². The summed E-state index contributed by atoms with van der Waals surface area (Å²) in [4.78, 5) is 0. The third-order valence-electron chi connectivity index (χ3n) is 2.26. The highest BCUT2D eigenvalue weighted by Gasteiger charge is 2.08. The lowest BCUT2D eigenvalue weighted by molar-refractivity contribution is 0.280. The molecule has 0 saturated carbocycles. The molecule has 0 unspecified atom stereocenters. The molecule has 0 atom stereocenters. The molecule has 0 heterocycles. The fourth-order valence-corrected chi connectivity index (χ4v) is 1.79. The Hall–Kier alpha value is -1.29. The molecule has 1 N–H and O–H groups in total. The van der Waals surface area contributed by atoms with Crippen molar-refractivity contribution in [2.24, 2.45) is 0 Å². The summed E-state index contributed by atoms with van der Waals surface area (Å²) in [6, 6.07) is 8.89. The third kappa shape index (κ3) is 2.93. The van der Waals surface area contributed by atoms with Crippen molar-refractivity contribution in [3.05, 3.63) is 57.8 Å². The van der Waals surface area contributed by atoms with Crippen molar-refractivity contribution in [2.75, 3.05) is 0 Å². The molecule has 0 aliphatic heterocycles. The van der Waals surface area contributed by atoms with E-state index in [0.29, 0.717) is 16.3 Å². The van der Waals surface area contributed by atoms with Crippen molar-refractivity contribution in [3.8, 4) is 11.5 Å². The van der Waals surface area contributed by atoms with E-state index in [2.05, 4.69) is 0 Å². The lowest BCUT2D eigenvalue weighted by atomic mass is 10.2. The maximum Gasteiger partial charge on any atom is 0.147 e. The lowest BCUT2D eigenvalue weighted by Crippen LogP contribution is -1.90. The number of hydrogen-bond acceptors (Lipinski definition) is 2. The molecule has 0 saturated heterocycles. The summed E-state index contributed by atoms with van der Waals surface area (Å²) in [6.45, 7) is -0.266. The monoisotopic (exact) mass is 286 g/mol. The fraction of sp³-hybridized carbons (Fsp3) is 0.0769. The Morgan fingerprint density at radius 2 is 1.94 bits per heavy atom. The van der Waals surface area contributed by atoms with Gasteiger partial charge in [0.05, 0.1) is 11.6 Å². The highest BCUT2D eigenvalue weighted by Crippen LogP contribution is 2.34. The van der Waals surface area contributed by atoms with E-state index in [1.165, 1.54) is 18.2 Å². The van der Waals surface area contributed by atoms with Crippen LogP contribution in [0.5, 0.6) is 11.5 Å². The molecule has 0 bridgehead atoms. The van der Waals surface area contributed by atoms with Gasteiger partial charge in [-0.25, -0.2) is 4.39 Å². The molecule has 2 aromatic carbocycles. The fourth-order valence-electron chi connectivity index (χ4n) is 1.46. The smallest absolute Gasteiger partial charge is 0.147 e.